The molecule has 22 heavy (non-hydrogen) atoms. The molecule has 0 saturated heterocycles. The number of aliphatic carboxylic acids is 1. The van der Waals surface area contributed by atoms with Crippen LogP contribution in [0, 0.1) is 11.3 Å². The van der Waals surface area contributed by atoms with Crippen LogP contribution in [0.25, 0.3) is 0 Å². The molecular weight excluding hydrogens is 276 g/mol. The maximum Gasteiger partial charge on any atom is 0.304 e. The zero-order valence-electron chi connectivity index (χ0n) is 12.3. The third-order valence-corrected chi connectivity index (χ3v) is 3.35. The van der Waals surface area contributed by atoms with Crippen LogP contribution in [0.4, 0.5) is 0 Å². The van der Waals surface area contributed by atoms with Crippen molar-refractivity contribution >= 4 is 5.97 Å². The van der Waals surface area contributed by atoms with Gasteiger partial charge in [-0.2, -0.15) is 5.26 Å². The molecule has 1 N–H and O–H groups in total. The number of carboxylic acid groups (broad SMARTS) is 1. The molecule has 0 heterocycles. The largest absolute Gasteiger partial charge is 0.481 e. The third kappa shape index (κ3) is 5.04. The fourth-order valence-electron chi connectivity index (χ4n) is 2.31. The van der Waals surface area contributed by atoms with Crippen LogP contribution in [0.15, 0.2) is 54.6 Å². The van der Waals surface area contributed by atoms with E-state index in [-0.39, 0.29) is 6.42 Å². The quantitative estimate of drug-likeness (QED) is 0.852. The van der Waals surface area contributed by atoms with Crippen LogP contribution >= 0.6 is 0 Å². The molecule has 0 aromatic heterocycles. The highest BCUT2D eigenvalue weighted by atomic mass is 16.4. The van der Waals surface area contributed by atoms with Gasteiger partial charge in [-0.15, -0.1) is 0 Å². The Morgan fingerprint density at radius 1 is 1.05 bits per heavy atom. The Hall–Kier alpha value is -2.64. The number of nitriles is 1. The summed E-state index contributed by atoms with van der Waals surface area (Å²) in [5.74, 6) is -0.802. The number of carbonyl (C=O) groups is 1. The first kappa shape index (κ1) is 15.7. The average Bonchev–Trinajstić information content (AvgIpc) is 2.54. The van der Waals surface area contributed by atoms with Crippen molar-refractivity contribution in [3.8, 4) is 6.07 Å². The lowest BCUT2D eigenvalue weighted by molar-refractivity contribution is -0.137. The highest BCUT2D eigenvalue weighted by Gasteiger charge is 2.10. The zero-order valence-corrected chi connectivity index (χ0v) is 12.3. The standard InChI is InChI=1S/C18H18N2O2/c19-12-16-7-4-8-17(11-16)14-20(10-9-18(21)22)13-15-5-2-1-3-6-15/h1-8,11H,9-10,13-14H2,(H,21,22). The van der Waals surface area contributed by atoms with Gasteiger partial charge in [0.05, 0.1) is 18.1 Å². The maximum absolute atomic E-state index is 10.8. The lowest BCUT2D eigenvalue weighted by Gasteiger charge is -2.22. The van der Waals surface area contributed by atoms with Crippen LogP contribution in [0.3, 0.4) is 0 Å². The number of benzene rings is 2. The molecule has 2 aromatic carbocycles. The normalized spacial score (nSPS) is 10.4. The van der Waals surface area contributed by atoms with Gasteiger partial charge < -0.3 is 5.11 Å². The van der Waals surface area contributed by atoms with E-state index in [9.17, 15) is 4.79 Å². The second kappa shape index (κ2) is 7.96. The van der Waals surface area contributed by atoms with Crippen molar-refractivity contribution in [2.24, 2.45) is 0 Å². The predicted octanol–water partition coefficient (Wildman–Crippen LogP) is 3.04. The summed E-state index contributed by atoms with van der Waals surface area (Å²) < 4.78 is 0. The first-order valence-corrected chi connectivity index (χ1v) is 7.14. The van der Waals surface area contributed by atoms with E-state index in [1.807, 2.05) is 48.5 Å². The molecule has 0 bridgehead atoms. The molecule has 0 unspecified atom stereocenters. The molecule has 0 amide bonds. The number of rotatable bonds is 7. The van der Waals surface area contributed by atoms with Gasteiger partial charge in [0, 0.05) is 19.6 Å². The van der Waals surface area contributed by atoms with E-state index in [0.717, 1.165) is 11.1 Å². The van der Waals surface area contributed by atoms with Crippen LogP contribution in [-0.2, 0) is 17.9 Å². The molecule has 0 fully saturated rings. The molecule has 4 heteroatoms. The van der Waals surface area contributed by atoms with Crippen LogP contribution in [-0.4, -0.2) is 22.5 Å². The van der Waals surface area contributed by atoms with Gasteiger partial charge >= 0.3 is 5.97 Å². The topological polar surface area (TPSA) is 64.3 Å². The van der Waals surface area contributed by atoms with Gasteiger partial charge in [0.25, 0.3) is 0 Å². The molecule has 112 valence electrons. The number of hydrogen-bond donors (Lipinski definition) is 1. The number of carboxylic acids is 1. The molecule has 0 aliphatic carbocycles. The second-order valence-corrected chi connectivity index (χ2v) is 5.15. The fourth-order valence-corrected chi connectivity index (χ4v) is 2.31. The first-order valence-electron chi connectivity index (χ1n) is 7.14. The Morgan fingerprint density at radius 2 is 1.73 bits per heavy atom. The lowest BCUT2D eigenvalue weighted by atomic mass is 10.1. The van der Waals surface area contributed by atoms with Crippen LogP contribution in [0.2, 0.25) is 0 Å². The molecule has 0 radical (unpaired) electrons. The Labute approximate surface area is 130 Å². The van der Waals surface area contributed by atoms with Crippen molar-refractivity contribution in [1.29, 1.82) is 5.26 Å². The van der Waals surface area contributed by atoms with Crippen molar-refractivity contribution in [2.45, 2.75) is 19.5 Å². The van der Waals surface area contributed by atoms with Gasteiger partial charge in [-0.05, 0) is 23.3 Å². The minimum atomic E-state index is -0.802. The van der Waals surface area contributed by atoms with Gasteiger partial charge in [0.2, 0.25) is 0 Å². The van der Waals surface area contributed by atoms with E-state index in [1.54, 1.807) is 6.07 Å². The molecule has 0 atom stereocenters. The molecule has 0 aliphatic heterocycles. The molecule has 0 saturated carbocycles. The Morgan fingerprint density at radius 3 is 2.41 bits per heavy atom. The lowest BCUT2D eigenvalue weighted by Crippen LogP contribution is -2.25. The van der Waals surface area contributed by atoms with Gasteiger partial charge in [0.1, 0.15) is 0 Å². The van der Waals surface area contributed by atoms with Gasteiger partial charge in [-0.3, -0.25) is 9.69 Å². The monoisotopic (exact) mass is 294 g/mol. The highest BCUT2D eigenvalue weighted by molar-refractivity contribution is 5.66. The molecule has 0 aliphatic rings. The van der Waals surface area contributed by atoms with Gasteiger partial charge in [0.15, 0.2) is 0 Å². The van der Waals surface area contributed by atoms with Crippen LogP contribution in [0.1, 0.15) is 23.1 Å². The Kier molecular flexibility index (Phi) is 5.70. The maximum atomic E-state index is 10.8. The summed E-state index contributed by atoms with van der Waals surface area (Å²) in [6.07, 6.45) is 0.102. The minimum absolute atomic E-state index is 0.102. The van der Waals surface area contributed by atoms with Crippen molar-refractivity contribution in [3.63, 3.8) is 0 Å². The van der Waals surface area contributed by atoms with Crippen molar-refractivity contribution in [3.05, 3.63) is 71.3 Å². The van der Waals surface area contributed by atoms with Crippen LogP contribution in [0.5, 0.6) is 0 Å². The molecular formula is C18H18N2O2. The summed E-state index contributed by atoms with van der Waals surface area (Å²) in [6, 6.07) is 19.5. The van der Waals surface area contributed by atoms with E-state index >= 15 is 0 Å². The van der Waals surface area contributed by atoms with Crippen LogP contribution < -0.4 is 0 Å². The van der Waals surface area contributed by atoms with Crippen molar-refractivity contribution < 1.29 is 9.90 Å². The molecule has 2 rings (SSSR count). The predicted molar refractivity (Wildman–Crippen MR) is 84.0 cm³/mol. The summed E-state index contributed by atoms with van der Waals surface area (Å²) in [6.45, 7) is 1.78. The molecule has 0 spiro atoms. The van der Waals surface area contributed by atoms with Crippen molar-refractivity contribution in [2.75, 3.05) is 6.54 Å². The molecule has 4 nitrogen and oxygen atoms in total. The fraction of sp³-hybridized carbons (Fsp3) is 0.222. The third-order valence-electron chi connectivity index (χ3n) is 3.35. The SMILES string of the molecule is N#Cc1cccc(CN(CCC(=O)O)Cc2ccccc2)c1. The van der Waals surface area contributed by atoms with E-state index in [1.165, 1.54) is 0 Å². The highest BCUT2D eigenvalue weighted by Crippen LogP contribution is 2.12. The van der Waals surface area contributed by atoms with Gasteiger partial charge in [-0.1, -0.05) is 42.5 Å². The molecule has 2 aromatic rings. The zero-order chi connectivity index (χ0) is 15.8. The van der Waals surface area contributed by atoms with E-state index in [2.05, 4.69) is 11.0 Å². The van der Waals surface area contributed by atoms with Crippen molar-refractivity contribution in [1.82, 2.24) is 4.90 Å². The Balaban J connectivity index is 2.09. The van der Waals surface area contributed by atoms with E-state index in [0.29, 0.717) is 25.2 Å². The Bertz CT molecular complexity index is 662. The number of hydrogen-bond acceptors (Lipinski definition) is 3. The van der Waals surface area contributed by atoms with Gasteiger partial charge in [-0.25, -0.2) is 0 Å². The average molecular weight is 294 g/mol. The second-order valence-electron chi connectivity index (χ2n) is 5.15. The summed E-state index contributed by atoms with van der Waals surface area (Å²) in [5, 5.41) is 17.9. The minimum Gasteiger partial charge on any atom is -0.481 e. The summed E-state index contributed by atoms with van der Waals surface area (Å²) >= 11 is 0. The smallest absolute Gasteiger partial charge is 0.304 e. The summed E-state index contributed by atoms with van der Waals surface area (Å²) in [7, 11) is 0. The summed E-state index contributed by atoms with van der Waals surface area (Å²) in [5.41, 5.74) is 2.78. The van der Waals surface area contributed by atoms with E-state index < -0.39 is 5.97 Å². The first-order chi connectivity index (χ1) is 10.7. The number of nitrogens with zero attached hydrogens (tertiary/aromatic N) is 2. The van der Waals surface area contributed by atoms with E-state index in [4.69, 9.17) is 10.4 Å². The summed E-state index contributed by atoms with van der Waals surface area (Å²) in [4.78, 5) is 12.9.